The molecule has 0 unspecified atom stereocenters. The zero-order valence-corrected chi connectivity index (χ0v) is 15.3. The van der Waals surface area contributed by atoms with Crippen molar-refractivity contribution in [2.75, 3.05) is 23.3 Å². The lowest BCUT2D eigenvalue weighted by atomic mass is 10.2. The van der Waals surface area contributed by atoms with Gasteiger partial charge >= 0.3 is 0 Å². The van der Waals surface area contributed by atoms with E-state index >= 15 is 0 Å². The van der Waals surface area contributed by atoms with Gasteiger partial charge in [0.2, 0.25) is 0 Å². The third-order valence-corrected chi connectivity index (χ3v) is 4.70. The maximum atomic E-state index is 12.9. The van der Waals surface area contributed by atoms with Gasteiger partial charge in [-0.25, -0.2) is 9.97 Å². The minimum absolute atomic E-state index is 0.281. The van der Waals surface area contributed by atoms with E-state index in [1.807, 2.05) is 30.3 Å². The Balaban J connectivity index is 1.72. The van der Waals surface area contributed by atoms with Crippen LogP contribution in [0, 0.1) is 11.3 Å². The van der Waals surface area contributed by atoms with Crippen LogP contribution in [-0.4, -0.2) is 29.0 Å². The molecule has 0 bridgehead atoms. The van der Waals surface area contributed by atoms with Crippen molar-refractivity contribution < 1.29 is 4.79 Å². The number of aromatic nitrogens is 2. The molecule has 1 aliphatic heterocycles. The standard InChI is InChI=1S/C22H19N5O/c23-15-17-10-4-5-11-18(17)25-22(28)19-14-20(27-12-6-7-13-27)26-21(24-19)16-8-2-1-3-9-16/h1-5,8-11,14H,6-7,12-13H2,(H,25,28). The fourth-order valence-corrected chi connectivity index (χ4v) is 3.25. The minimum atomic E-state index is -0.359. The van der Waals surface area contributed by atoms with Crippen molar-refractivity contribution in [3.63, 3.8) is 0 Å². The lowest BCUT2D eigenvalue weighted by Crippen LogP contribution is -2.22. The van der Waals surface area contributed by atoms with Crippen LogP contribution in [0.2, 0.25) is 0 Å². The summed E-state index contributed by atoms with van der Waals surface area (Å²) in [6, 6.07) is 20.4. The van der Waals surface area contributed by atoms with Crippen molar-refractivity contribution in [3.05, 3.63) is 71.9 Å². The summed E-state index contributed by atoms with van der Waals surface area (Å²) in [6.07, 6.45) is 2.23. The van der Waals surface area contributed by atoms with Gasteiger partial charge in [-0.3, -0.25) is 4.79 Å². The number of anilines is 2. The summed E-state index contributed by atoms with van der Waals surface area (Å²) >= 11 is 0. The smallest absolute Gasteiger partial charge is 0.274 e. The predicted octanol–water partition coefficient (Wildman–Crippen LogP) is 3.87. The van der Waals surface area contributed by atoms with Crippen molar-refractivity contribution in [3.8, 4) is 17.5 Å². The Bertz CT molecular complexity index is 1040. The molecular formula is C22H19N5O. The molecule has 0 aliphatic carbocycles. The maximum Gasteiger partial charge on any atom is 0.274 e. The minimum Gasteiger partial charge on any atom is -0.356 e. The zero-order valence-electron chi connectivity index (χ0n) is 15.3. The molecule has 2 heterocycles. The van der Waals surface area contributed by atoms with Crippen LogP contribution in [0.15, 0.2) is 60.7 Å². The zero-order chi connectivity index (χ0) is 19.3. The Labute approximate surface area is 163 Å². The summed E-state index contributed by atoms with van der Waals surface area (Å²) in [4.78, 5) is 24.3. The van der Waals surface area contributed by atoms with Crippen LogP contribution >= 0.6 is 0 Å². The van der Waals surface area contributed by atoms with E-state index in [2.05, 4.69) is 21.3 Å². The number of nitrogens with one attached hydrogen (secondary N) is 1. The summed E-state index contributed by atoms with van der Waals surface area (Å²) in [5, 5.41) is 12.1. The highest BCUT2D eigenvalue weighted by atomic mass is 16.1. The molecule has 1 amide bonds. The highest BCUT2D eigenvalue weighted by Gasteiger charge is 2.19. The lowest BCUT2D eigenvalue weighted by Gasteiger charge is -2.18. The second-order valence-corrected chi connectivity index (χ2v) is 6.61. The molecule has 1 aromatic heterocycles. The number of nitriles is 1. The Hall–Kier alpha value is -3.72. The topological polar surface area (TPSA) is 81.9 Å². The molecule has 1 saturated heterocycles. The molecule has 0 spiro atoms. The number of rotatable bonds is 4. The molecule has 4 rings (SSSR count). The largest absolute Gasteiger partial charge is 0.356 e. The van der Waals surface area contributed by atoms with E-state index < -0.39 is 0 Å². The van der Waals surface area contributed by atoms with Crippen LogP contribution in [0.4, 0.5) is 11.5 Å². The number of para-hydroxylation sites is 1. The molecule has 1 N–H and O–H groups in total. The number of carbonyl (C=O) groups is 1. The lowest BCUT2D eigenvalue weighted by molar-refractivity contribution is 0.102. The molecule has 0 radical (unpaired) electrons. The monoisotopic (exact) mass is 369 g/mol. The molecule has 28 heavy (non-hydrogen) atoms. The fourth-order valence-electron chi connectivity index (χ4n) is 3.25. The van der Waals surface area contributed by atoms with Gasteiger partial charge < -0.3 is 10.2 Å². The first kappa shape index (κ1) is 17.7. The molecule has 138 valence electrons. The number of hydrogen-bond donors (Lipinski definition) is 1. The quantitative estimate of drug-likeness (QED) is 0.755. The highest BCUT2D eigenvalue weighted by Crippen LogP contribution is 2.24. The van der Waals surface area contributed by atoms with E-state index in [0.29, 0.717) is 17.1 Å². The summed E-state index contributed by atoms with van der Waals surface area (Å²) in [6.45, 7) is 1.84. The Morgan fingerprint density at radius 1 is 1.00 bits per heavy atom. The molecule has 1 fully saturated rings. The third-order valence-electron chi connectivity index (χ3n) is 4.70. The van der Waals surface area contributed by atoms with Crippen LogP contribution in [0.5, 0.6) is 0 Å². The van der Waals surface area contributed by atoms with Crippen molar-refractivity contribution in [2.45, 2.75) is 12.8 Å². The van der Waals surface area contributed by atoms with Crippen LogP contribution in [0.25, 0.3) is 11.4 Å². The summed E-state index contributed by atoms with van der Waals surface area (Å²) in [7, 11) is 0. The summed E-state index contributed by atoms with van der Waals surface area (Å²) in [5.41, 5.74) is 2.02. The van der Waals surface area contributed by atoms with Gasteiger partial charge in [0.25, 0.3) is 5.91 Å². The van der Waals surface area contributed by atoms with Crippen molar-refractivity contribution in [2.24, 2.45) is 0 Å². The van der Waals surface area contributed by atoms with Crippen LogP contribution in [-0.2, 0) is 0 Å². The maximum absolute atomic E-state index is 12.9. The first-order valence-corrected chi connectivity index (χ1v) is 9.24. The van der Waals surface area contributed by atoms with Crippen LogP contribution < -0.4 is 10.2 Å². The van der Waals surface area contributed by atoms with Gasteiger partial charge in [-0.15, -0.1) is 0 Å². The van der Waals surface area contributed by atoms with E-state index in [1.165, 1.54) is 0 Å². The van der Waals surface area contributed by atoms with Gasteiger partial charge in [0.05, 0.1) is 11.3 Å². The van der Waals surface area contributed by atoms with Gasteiger partial charge in [0.1, 0.15) is 17.6 Å². The third kappa shape index (κ3) is 3.69. The first-order chi connectivity index (χ1) is 13.7. The van der Waals surface area contributed by atoms with Crippen molar-refractivity contribution >= 4 is 17.4 Å². The Kier molecular flexibility index (Phi) is 4.98. The number of benzene rings is 2. The number of amides is 1. The average molecular weight is 369 g/mol. The second-order valence-electron chi connectivity index (χ2n) is 6.61. The van der Waals surface area contributed by atoms with Crippen molar-refractivity contribution in [1.29, 1.82) is 5.26 Å². The SMILES string of the molecule is N#Cc1ccccc1NC(=O)c1cc(N2CCCC2)nc(-c2ccccc2)n1. The predicted molar refractivity (Wildman–Crippen MR) is 108 cm³/mol. The van der Waals surface area contributed by atoms with Gasteiger partial charge in [-0.1, -0.05) is 42.5 Å². The molecule has 1 aliphatic rings. The first-order valence-electron chi connectivity index (χ1n) is 9.24. The van der Waals surface area contributed by atoms with Gasteiger partial charge in [0, 0.05) is 24.7 Å². The summed E-state index contributed by atoms with van der Waals surface area (Å²) in [5.74, 6) is 0.913. The Morgan fingerprint density at radius 2 is 1.71 bits per heavy atom. The number of carbonyl (C=O) groups excluding carboxylic acids is 1. The average Bonchev–Trinajstić information content (AvgIpc) is 3.29. The number of hydrogen-bond acceptors (Lipinski definition) is 5. The Morgan fingerprint density at radius 3 is 2.46 bits per heavy atom. The molecule has 2 aromatic carbocycles. The molecule has 0 saturated carbocycles. The summed E-state index contributed by atoms with van der Waals surface area (Å²) < 4.78 is 0. The molecular weight excluding hydrogens is 350 g/mol. The highest BCUT2D eigenvalue weighted by molar-refractivity contribution is 6.04. The van der Waals surface area contributed by atoms with Crippen molar-refractivity contribution in [1.82, 2.24) is 9.97 Å². The van der Waals surface area contributed by atoms with Crippen LogP contribution in [0.1, 0.15) is 28.9 Å². The van der Waals surface area contributed by atoms with E-state index in [9.17, 15) is 10.1 Å². The fraction of sp³-hybridized carbons (Fsp3) is 0.182. The van der Waals surface area contributed by atoms with E-state index in [-0.39, 0.29) is 11.6 Å². The normalized spacial score (nSPS) is 13.2. The molecule has 0 atom stereocenters. The van der Waals surface area contributed by atoms with E-state index in [4.69, 9.17) is 4.98 Å². The van der Waals surface area contributed by atoms with Gasteiger partial charge in [-0.2, -0.15) is 5.26 Å². The van der Waals surface area contributed by atoms with Gasteiger partial charge in [-0.05, 0) is 25.0 Å². The number of nitrogens with zero attached hydrogens (tertiary/aromatic N) is 4. The second kappa shape index (κ2) is 7.89. The van der Waals surface area contributed by atoms with E-state index in [1.54, 1.807) is 30.3 Å². The van der Waals surface area contributed by atoms with Crippen LogP contribution in [0.3, 0.4) is 0 Å². The van der Waals surface area contributed by atoms with E-state index in [0.717, 1.165) is 37.3 Å². The van der Waals surface area contributed by atoms with Gasteiger partial charge in [0.15, 0.2) is 5.82 Å². The molecule has 3 aromatic rings. The molecule has 6 heteroatoms. The molecule has 6 nitrogen and oxygen atoms in total.